The second-order valence-electron chi connectivity index (χ2n) is 6.16. The van der Waals surface area contributed by atoms with Crippen LogP contribution in [0.2, 0.25) is 5.02 Å². The predicted octanol–water partition coefficient (Wildman–Crippen LogP) is 5.11. The van der Waals surface area contributed by atoms with Crippen LogP contribution < -0.4 is 10.6 Å². The maximum Gasteiger partial charge on any atom is 0.283 e. The van der Waals surface area contributed by atoms with Gasteiger partial charge in [-0.2, -0.15) is 0 Å². The van der Waals surface area contributed by atoms with Gasteiger partial charge in [0.05, 0.1) is 27.8 Å². The smallest absolute Gasteiger partial charge is 0.283 e. The molecule has 31 heavy (non-hydrogen) atoms. The van der Waals surface area contributed by atoms with Gasteiger partial charge in [0.2, 0.25) is 5.91 Å². The predicted molar refractivity (Wildman–Crippen MR) is 119 cm³/mol. The summed E-state index contributed by atoms with van der Waals surface area (Å²) in [6.45, 7) is 0.388. The van der Waals surface area contributed by atoms with E-state index >= 15 is 0 Å². The Bertz CT molecular complexity index is 1130. The number of anilines is 1. The quantitative estimate of drug-likeness (QED) is 0.265. The highest BCUT2D eigenvalue weighted by molar-refractivity contribution is 8.00. The molecule has 1 aromatic heterocycles. The molecule has 1 heterocycles. The highest BCUT2D eigenvalue weighted by Gasteiger charge is 2.19. The number of carbonyl (C=O) groups excluding carboxylic acids is 2. The van der Waals surface area contributed by atoms with Crippen molar-refractivity contribution in [1.29, 1.82) is 0 Å². The summed E-state index contributed by atoms with van der Waals surface area (Å²) in [5.41, 5.74) is -0.439. The summed E-state index contributed by atoms with van der Waals surface area (Å²) in [5.74, 6) is -1.73. The minimum absolute atomic E-state index is 0.0201. The zero-order chi connectivity index (χ0) is 22.4. The van der Waals surface area contributed by atoms with Crippen molar-refractivity contribution >= 4 is 57.9 Å². The molecule has 0 atom stereocenters. The van der Waals surface area contributed by atoms with Gasteiger partial charge in [0.15, 0.2) is 0 Å². The van der Waals surface area contributed by atoms with Crippen LogP contribution in [-0.4, -0.2) is 22.5 Å². The van der Waals surface area contributed by atoms with Crippen molar-refractivity contribution in [2.24, 2.45) is 0 Å². The lowest BCUT2D eigenvalue weighted by molar-refractivity contribution is -0.387. The summed E-state index contributed by atoms with van der Waals surface area (Å²) < 4.78 is 13.9. The second-order valence-corrected chi connectivity index (χ2v) is 8.65. The highest BCUT2D eigenvalue weighted by atomic mass is 35.5. The van der Waals surface area contributed by atoms with Crippen molar-refractivity contribution in [3.8, 4) is 0 Å². The van der Waals surface area contributed by atoms with Crippen LogP contribution in [0.15, 0.2) is 58.8 Å². The number of halogens is 2. The second kappa shape index (κ2) is 10.4. The minimum atomic E-state index is -0.726. The number of nitrogens with one attached hydrogen (secondary N) is 2. The molecule has 0 aliphatic carbocycles. The molecule has 160 valence electrons. The first-order valence-corrected chi connectivity index (χ1v) is 11.0. The van der Waals surface area contributed by atoms with Crippen LogP contribution in [0.5, 0.6) is 0 Å². The standard InChI is InChI=1S/C20H15ClFN3O4S2/c21-13-4-5-16(15(22)9-13)24-20(27)12-3-6-18(17(8-12)25(28)29)31-11-19(26)23-10-14-2-1-7-30-14/h1-9H,10-11H2,(H,23,26)(H,24,27). The van der Waals surface area contributed by atoms with Gasteiger partial charge in [0.1, 0.15) is 5.82 Å². The van der Waals surface area contributed by atoms with Gasteiger partial charge in [-0.1, -0.05) is 17.7 Å². The van der Waals surface area contributed by atoms with E-state index in [4.69, 9.17) is 11.6 Å². The molecule has 3 aromatic rings. The van der Waals surface area contributed by atoms with Gasteiger partial charge >= 0.3 is 0 Å². The Morgan fingerprint density at radius 1 is 1.19 bits per heavy atom. The van der Waals surface area contributed by atoms with Gasteiger partial charge in [-0.25, -0.2) is 4.39 Å². The average molecular weight is 480 g/mol. The molecule has 0 bridgehead atoms. The number of thioether (sulfide) groups is 1. The van der Waals surface area contributed by atoms with Crippen molar-refractivity contribution in [3.05, 3.63) is 85.3 Å². The average Bonchev–Trinajstić information content (AvgIpc) is 3.26. The number of nitrogens with zero attached hydrogens (tertiary/aromatic N) is 1. The largest absolute Gasteiger partial charge is 0.350 e. The van der Waals surface area contributed by atoms with Crippen LogP contribution in [0.3, 0.4) is 0 Å². The van der Waals surface area contributed by atoms with Crippen LogP contribution in [-0.2, 0) is 11.3 Å². The summed E-state index contributed by atoms with van der Waals surface area (Å²) in [6, 6.07) is 11.4. The van der Waals surface area contributed by atoms with E-state index in [0.717, 1.165) is 28.8 Å². The molecule has 3 rings (SSSR count). The Morgan fingerprint density at radius 2 is 2.00 bits per heavy atom. The lowest BCUT2D eigenvalue weighted by Gasteiger charge is -2.08. The van der Waals surface area contributed by atoms with E-state index in [9.17, 15) is 24.1 Å². The van der Waals surface area contributed by atoms with E-state index in [2.05, 4.69) is 10.6 Å². The Balaban J connectivity index is 1.66. The van der Waals surface area contributed by atoms with Gasteiger partial charge < -0.3 is 10.6 Å². The van der Waals surface area contributed by atoms with E-state index in [0.29, 0.717) is 6.54 Å². The lowest BCUT2D eigenvalue weighted by Crippen LogP contribution is -2.24. The van der Waals surface area contributed by atoms with E-state index in [1.807, 2.05) is 17.5 Å². The molecule has 0 aliphatic rings. The van der Waals surface area contributed by atoms with Crippen LogP contribution in [0.25, 0.3) is 0 Å². The van der Waals surface area contributed by atoms with Gasteiger partial charge in [-0.05, 0) is 41.8 Å². The maximum atomic E-state index is 13.9. The third-order valence-electron chi connectivity index (χ3n) is 4.00. The first-order chi connectivity index (χ1) is 14.8. The lowest BCUT2D eigenvalue weighted by atomic mass is 10.2. The van der Waals surface area contributed by atoms with Gasteiger partial charge in [0, 0.05) is 21.5 Å². The molecule has 0 radical (unpaired) electrons. The van der Waals surface area contributed by atoms with Crippen LogP contribution in [0.1, 0.15) is 15.2 Å². The van der Waals surface area contributed by atoms with Crippen LogP contribution in [0, 0.1) is 15.9 Å². The fourth-order valence-electron chi connectivity index (χ4n) is 2.50. The zero-order valence-corrected chi connectivity index (χ0v) is 18.2. The Labute approximate surface area is 189 Å². The summed E-state index contributed by atoms with van der Waals surface area (Å²) in [5, 5.41) is 18.6. The number of nitro groups is 1. The number of hydrogen-bond acceptors (Lipinski definition) is 6. The Kier molecular flexibility index (Phi) is 7.61. The van der Waals surface area contributed by atoms with Crippen molar-refractivity contribution < 1.29 is 18.9 Å². The number of hydrogen-bond donors (Lipinski definition) is 2. The molecule has 0 spiro atoms. The van der Waals surface area contributed by atoms with Crippen molar-refractivity contribution in [1.82, 2.24) is 5.32 Å². The molecule has 0 saturated heterocycles. The number of nitro benzene ring substituents is 1. The Morgan fingerprint density at radius 3 is 2.68 bits per heavy atom. The number of thiophene rings is 1. The molecule has 0 aliphatic heterocycles. The van der Waals surface area contributed by atoms with E-state index in [1.54, 1.807) is 0 Å². The van der Waals surface area contributed by atoms with Crippen molar-refractivity contribution in [2.45, 2.75) is 11.4 Å². The summed E-state index contributed by atoms with van der Waals surface area (Å²) in [4.78, 5) is 36.5. The topological polar surface area (TPSA) is 101 Å². The molecule has 11 heteroatoms. The Hall–Kier alpha value is -2.95. The number of benzene rings is 2. The van der Waals surface area contributed by atoms with Gasteiger partial charge in [-0.15, -0.1) is 23.1 Å². The zero-order valence-electron chi connectivity index (χ0n) is 15.8. The molecule has 2 amide bonds. The SMILES string of the molecule is O=C(CSc1ccc(C(=O)Nc2ccc(Cl)cc2F)cc1[N+](=O)[O-])NCc1cccs1. The first kappa shape index (κ1) is 22.7. The van der Waals surface area contributed by atoms with Crippen molar-refractivity contribution in [2.75, 3.05) is 11.1 Å². The molecular weight excluding hydrogens is 465 g/mol. The third-order valence-corrected chi connectivity index (χ3v) is 6.17. The minimum Gasteiger partial charge on any atom is -0.350 e. The van der Waals surface area contributed by atoms with Crippen LogP contribution >= 0.6 is 34.7 Å². The molecule has 2 aromatic carbocycles. The fraction of sp³-hybridized carbons (Fsp3) is 0.100. The fourth-order valence-corrected chi connectivity index (χ4v) is 4.14. The molecular formula is C20H15ClFN3O4S2. The normalized spacial score (nSPS) is 10.5. The monoisotopic (exact) mass is 479 g/mol. The first-order valence-electron chi connectivity index (χ1n) is 8.80. The van der Waals surface area contributed by atoms with Gasteiger partial charge in [0.25, 0.3) is 11.6 Å². The summed E-state index contributed by atoms with van der Waals surface area (Å²) >= 11 is 8.19. The van der Waals surface area contributed by atoms with E-state index in [1.165, 1.54) is 35.6 Å². The molecule has 0 fully saturated rings. The molecule has 7 nitrogen and oxygen atoms in total. The van der Waals surface area contributed by atoms with E-state index in [-0.39, 0.29) is 38.5 Å². The number of amides is 2. The van der Waals surface area contributed by atoms with Crippen molar-refractivity contribution in [3.63, 3.8) is 0 Å². The van der Waals surface area contributed by atoms with Gasteiger partial charge in [-0.3, -0.25) is 19.7 Å². The molecule has 2 N–H and O–H groups in total. The molecule has 0 unspecified atom stereocenters. The summed E-state index contributed by atoms with van der Waals surface area (Å²) in [7, 11) is 0. The van der Waals surface area contributed by atoms with Crippen LogP contribution in [0.4, 0.5) is 15.8 Å². The number of rotatable bonds is 8. The van der Waals surface area contributed by atoms with E-state index < -0.39 is 16.6 Å². The summed E-state index contributed by atoms with van der Waals surface area (Å²) in [6.07, 6.45) is 0. The highest BCUT2D eigenvalue weighted by Crippen LogP contribution is 2.30. The number of carbonyl (C=O) groups is 2. The molecule has 0 saturated carbocycles. The third kappa shape index (κ3) is 6.27. The maximum absolute atomic E-state index is 13.9.